The molecule has 0 amide bonds. The third kappa shape index (κ3) is 7.46. The van der Waals surface area contributed by atoms with Gasteiger partial charge >= 0.3 is 14.8 Å². The van der Waals surface area contributed by atoms with Crippen LogP contribution in [0.15, 0.2) is 12.2 Å². The first kappa shape index (κ1) is 18.3. The van der Waals surface area contributed by atoms with E-state index in [4.69, 9.17) is 18.4 Å². The summed E-state index contributed by atoms with van der Waals surface area (Å²) in [5.41, 5.74) is 0.284. The van der Waals surface area contributed by atoms with Gasteiger partial charge < -0.3 is 18.4 Å². The third-order valence-electron chi connectivity index (χ3n) is 3.00. The SMILES string of the molecule is C=C(CCCCCC[Si](OC)(OC)OCC)C(=O)O. The largest absolute Gasteiger partial charge is 0.500 e. The van der Waals surface area contributed by atoms with Gasteiger partial charge in [-0.3, -0.25) is 0 Å². The molecular weight excluding hydrogens is 264 g/mol. The zero-order chi connectivity index (χ0) is 14.7. The molecule has 0 aromatic rings. The number of hydrogen-bond donors (Lipinski definition) is 1. The fourth-order valence-corrected chi connectivity index (χ4v) is 3.92. The molecule has 1 N–H and O–H groups in total. The summed E-state index contributed by atoms with van der Waals surface area (Å²) >= 11 is 0. The van der Waals surface area contributed by atoms with Crippen LogP contribution in [-0.2, 0) is 18.1 Å². The van der Waals surface area contributed by atoms with Crippen molar-refractivity contribution in [3.8, 4) is 0 Å². The van der Waals surface area contributed by atoms with Gasteiger partial charge in [-0.25, -0.2) is 4.79 Å². The molecule has 0 bridgehead atoms. The molecule has 0 unspecified atom stereocenters. The van der Waals surface area contributed by atoms with Crippen molar-refractivity contribution in [2.75, 3.05) is 20.8 Å². The molecule has 6 heteroatoms. The van der Waals surface area contributed by atoms with Crippen LogP contribution in [0.25, 0.3) is 0 Å². The minimum Gasteiger partial charge on any atom is -0.478 e. The Hall–Kier alpha value is -0.693. The lowest BCUT2D eigenvalue weighted by atomic mass is 10.1. The molecule has 0 atom stereocenters. The van der Waals surface area contributed by atoms with Crippen molar-refractivity contribution in [2.24, 2.45) is 0 Å². The first-order valence-corrected chi connectivity index (χ1v) is 8.59. The van der Waals surface area contributed by atoms with Gasteiger partial charge in [-0.1, -0.05) is 19.4 Å². The number of carboxylic acids is 1. The highest BCUT2D eigenvalue weighted by atomic mass is 28.4. The maximum absolute atomic E-state index is 10.6. The molecule has 0 saturated carbocycles. The summed E-state index contributed by atoms with van der Waals surface area (Å²) in [6.07, 6.45) is 4.37. The topological polar surface area (TPSA) is 65.0 Å². The lowest BCUT2D eigenvalue weighted by molar-refractivity contribution is -0.132. The number of carbonyl (C=O) groups is 1. The van der Waals surface area contributed by atoms with E-state index in [-0.39, 0.29) is 5.57 Å². The minimum atomic E-state index is -2.45. The molecule has 0 spiro atoms. The van der Waals surface area contributed by atoms with Crippen LogP contribution in [0.4, 0.5) is 0 Å². The Balaban J connectivity index is 3.77. The second kappa shape index (κ2) is 10.1. The van der Waals surface area contributed by atoms with Gasteiger partial charge in [0.25, 0.3) is 0 Å². The lowest BCUT2D eigenvalue weighted by Crippen LogP contribution is -2.43. The fourth-order valence-electron chi connectivity index (χ4n) is 1.84. The molecule has 0 rings (SSSR count). The van der Waals surface area contributed by atoms with Crippen molar-refractivity contribution in [1.29, 1.82) is 0 Å². The smallest absolute Gasteiger partial charge is 0.478 e. The highest BCUT2D eigenvalue weighted by molar-refractivity contribution is 6.60. The maximum Gasteiger partial charge on any atom is 0.500 e. The molecule has 5 nitrogen and oxygen atoms in total. The Labute approximate surface area is 116 Å². The average molecular weight is 290 g/mol. The van der Waals surface area contributed by atoms with E-state index in [1.54, 1.807) is 14.2 Å². The summed E-state index contributed by atoms with van der Waals surface area (Å²) in [5, 5.41) is 8.67. The van der Waals surface area contributed by atoms with Gasteiger partial charge in [-0.15, -0.1) is 0 Å². The van der Waals surface area contributed by atoms with E-state index in [1.165, 1.54) is 0 Å². The average Bonchev–Trinajstić information content (AvgIpc) is 2.41. The van der Waals surface area contributed by atoms with Crippen LogP contribution in [0, 0.1) is 0 Å². The predicted molar refractivity (Wildman–Crippen MR) is 76.1 cm³/mol. The predicted octanol–water partition coefficient (Wildman–Crippen LogP) is 2.85. The number of rotatable bonds is 12. The van der Waals surface area contributed by atoms with Crippen molar-refractivity contribution in [3.05, 3.63) is 12.2 Å². The number of aliphatic carboxylic acids is 1. The van der Waals surface area contributed by atoms with E-state index < -0.39 is 14.8 Å². The Morgan fingerprint density at radius 3 is 2.21 bits per heavy atom. The molecule has 19 heavy (non-hydrogen) atoms. The fraction of sp³-hybridized carbons (Fsp3) is 0.769. The normalized spacial score (nSPS) is 11.5. The Morgan fingerprint density at radius 2 is 1.74 bits per heavy atom. The zero-order valence-corrected chi connectivity index (χ0v) is 13.2. The molecule has 0 aliphatic carbocycles. The van der Waals surface area contributed by atoms with Crippen molar-refractivity contribution < 1.29 is 23.2 Å². The van der Waals surface area contributed by atoms with Crippen molar-refractivity contribution in [2.45, 2.75) is 45.1 Å². The van der Waals surface area contributed by atoms with E-state index in [1.807, 2.05) is 6.92 Å². The van der Waals surface area contributed by atoms with Crippen LogP contribution in [0.5, 0.6) is 0 Å². The molecular formula is C13H26O5Si. The summed E-state index contributed by atoms with van der Waals surface area (Å²) in [5.74, 6) is -0.901. The summed E-state index contributed by atoms with van der Waals surface area (Å²) in [7, 11) is 0.799. The molecule has 0 saturated heterocycles. The van der Waals surface area contributed by atoms with E-state index in [9.17, 15) is 4.79 Å². The van der Waals surface area contributed by atoms with Crippen LogP contribution in [0.2, 0.25) is 6.04 Å². The first-order chi connectivity index (χ1) is 9.01. The second-order valence-electron chi connectivity index (χ2n) is 4.35. The molecule has 0 aliphatic heterocycles. The van der Waals surface area contributed by atoms with Crippen LogP contribution in [0.3, 0.4) is 0 Å². The molecule has 0 fully saturated rings. The summed E-state index contributed by atoms with van der Waals surface area (Å²) in [4.78, 5) is 10.6. The quantitative estimate of drug-likeness (QED) is 0.340. The van der Waals surface area contributed by atoms with Gasteiger partial charge in [-0.2, -0.15) is 0 Å². The van der Waals surface area contributed by atoms with E-state index >= 15 is 0 Å². The molecule has 0 aromatic heterocycles. The molecule has 0 heterocycles. The van der Waals surface area contributed by atoms with Gasteiger partial charge in [0.05, 0.1) is 0 Å². The highest BCUT2D eigenvalue weighted by Gasteiger charge is 2.37. The van der Waals surface area contributed by atoms with Gasteiger partial charge in [-0.05, 0) is 26.2 Å². The first-order valence-electron chi connectivity index (χ1n) is 6.66. The standard InChI is InChI=1S/C13H26O5Si/c1-5-18-19(16-3,17-4)11-9-7-6-8-10-12(2)13(14)15/h2,5-11H2,1,3-4H3,(H,14,15). The van der Waals surface area contributed by atoms with Gasteiger partial charge in [0.2, 0.25) is 0 Å². The van der Waals surface area contributed by atoms with Crippen LogP contribution >= 0.6 is 0 Å². The number of carboxylic acid groups (broad SMARTS) is 1. The van der Waals surface area contributed by atoms with Gasteiger partial charge in [0, 0.05) is 32.4 Å². The maximum atomic E-state index is 10.6. The monoisotopic (exact) mass is 290 g/mol. The Morgan fingerprint density at radius 1 is 1.16 bits per heavy atom. The second-order valence-corrected chi connectivity index (χ2v) is 7.32. The lowest BCUT2D eigenvalue weighted by Gasteiger charge is -2.25. The number of hydrogen-bond acceptors (Lipinski definition) is 4. The Kier molecular flexibility index (Phi) is 9.77. The van der Waals surface area contributed by atoms with Crippen LogP contribution in [-0.4, -0.2) is 40.7 Å². The van der Waals surface area contributed by atoms with Crippen LogP contribution in [0.1, 0.15) is 39.0 Å². The minimum absolute atomic E-state index is 0.284. The van der Waals surface area contributed by atoms with Gasteiger partial charge in [0.1, 0.15) is 0 Å². The molecule has 0 aliphatic rings. The van der Waals surface area contributed by atoms with E-state index in [2.05, 4.69) is 6.58 Å². The molecule has 112 valence electrons. The molecule has 0 aromatic carbocycles. The van der Waals surface area contributed by atoms with Crippen molar-refractivity contribution in [3.63, 3.8) is 0 Å². The van der Waals surface area contributed by atoms with Gasteiger partial charge in [0.15, 0.2) is 0 Å². The zero-order valence-electron chi connectivity index (χ0n) is 12.2. The summed E-state index contributed by atoms with van der Waals surface area (Å²) < 4.78 is 16.4. The third-order valence-corrected chi connectivity index (χ3v) is 5.94. The van der Waals surface area contributed by atoms with Crippen LogP contribution < -0.4 is 0 Å². The van der Waals surface area contributed by atoms with Crippen molar-refractivity contribution >= 4 is 14.8 Å². The Bertz CT molecular complexity index is 276. The van der Waals surface area contributed by atoms with E-state index in [0.717, 1.165) is 31.7 Å². The molecule has 0 radical (unpaired) electrons. The summed E-state index contributed by atoms with van der Waals surface area (Å²) in [6, 6.07) is 0.799. The van der Waals surface area contributed by atoms with Crippen molar-refractivity contribution in [1.82, 2.24) is 0 Å². The van der Waals surface area contributed by atoms with E-state index in [0.29, 0.717) is 13.0 Å². The highest BCUT2D eigenvalue weighted by Crippen LogP contribution is 2.19. The number of unbranched alkanes of at least 4 members (excludes halogenated alkanes) is 3. The summed E-state index contributed by atoms with van der Waals surface area (Å²) in [6.45, 7) is 6.03.